The second-order valence-corrected chi connectivity index (χ2v) is 3.71. The summed E-state index contributed by atoms with van der Waals surface area (Å²) in [6, 6.07) is 0. The smallest absolute Gasteiger partial charge is 0.0566 e. The SMILES string of the molecule is SCC(S)C(S)S. The van der Waals surface area contributed by atoms with Crippen LogP contribution < -0.4 is 0 Å². The largest absolute Gasteiger partial charge is 0.178 e. The summed E-state index contributed by atoms with van der Waals surface area (Å²) in [6.07, 6.45) is 0. The van der Waals surface area contributed by atoms with Gasteiger partial charge in [0.1, 0.15) is 0 Å². The maximum Gasteiger partial charge on any atom is 0.0566 e. The van der Waals surface area contributed by atoms with E-state index in [1.54, 1.807) is 0 Å². The van der Waals surface area contributed by atoms with E-state index in [2.05, 4.69) is 50.5 Å². The van der Waals surface area contributed by atoms with Gasteiger partial charge in [-0.05, 0) is 0 Å². The Kier molecular flexibility index (Phi) is 5.15. The summed E-state index contributed by atoms with van der Waals surface area (Å²) < 4.78 is 0.0424. The van der Waals surface area contributed by atoms with Gasteiger partial charge in [0.15, 0.2) is 0 Å². The fourth-order valence-electron chi connectivity index (χ4n) is 0.0943. The maximum atomic E-state index is 4.10. The molecule has 0 saturated carbocycles. The Hall–Kier alpha value is 1.40. The fraction of sp³-hybridized carbons (Fsp3) is 1.00. The number of hydrogen-bond donors (Lipinski definition) is 4. The van der Waals surface area contributed by atoms with Gasteiger partial charge in [0.05, 0.1) is 4.58 Å². The van der Waals surface area contributed by atoms with Crippen LogP contribution in [0.1, 0.15) is 0 Å². The lowest BCUT2D eigenvalue weighted by atomic mass is 10.5. The van der Waals surface area contributed by atoms with Crippen LogP contribution in [0.5, 0.6) is 0 Å². The van der Waals surface area contributed by atoms with Crippen molar-refractivity contribution in [2.45, 2.75) is 9.83 Å². The number of rotatable bonds is 2. The molecule has 0 aromatic heterocycles. The van der Waals surface area contributed by atoms with Gasteiger partial charge in [-0.25, -0.2) is 0 Å². The first kappa shape index (κ1) is 8.40. The van der Waals surface area contributed by atoms with Crippen molar-refractivity contribution in [3.63, 3.8) is 0 Å². The topological polar surface area (TPSA) is 0 Å². The van der Waals surface area contributed by atoms with Crippen molar-refractivity contribution in [1.29, 1.82) is 0 Å². The highest BCUT2D eigenvalue weighted by Crippen LogP contribution is 2.12. The lowest BCUT2D eigenvalue weighted by Crippen LogP contribution is -2.09. The van der Waals surface area contributed by atoms with E-state index in [1.807, 2.05) is 0 Å². The molecule has 0 nitrogen and oxygen atoms in total. The third-order valence-corrected chi connectivity index (χ3v) is 2.88. The van der Waals surface area contributed by atoms with Gasteiger partial charge in [-0.15, -0.1) is 0 Å². The van der Waals surface area contributed by atoms with Gasteiger partial charge >= 0.3 is 0 Å². The second-order valence-electron chi connectivity index (χ2n) is 1.16. The zero-order valence-electron chi connectivity index (χ0n) is 3.65. The summed E-state index contributed by atoms with van der Waals surface area (Å²) in [5.74, 6) is 0.723. The Balaban J connectivity index is 3.14. The first-order valence-corrected chi connectivity index (χ1v) is 4.01. The van der Waals surface area contributed by atoms with E-state index < -0.39 is 0 Å². The van der Waals surface area contributed by atoms with Crippen molar-refractivity contribution in [3.05, 3.63) is 0 Å². The van der Waals surface area contributed by atoms with Crippen molar-refractivity contribution in [2.75, 3.05) is 5.75 Å². The molecular formula is C3H8S4. The maximum absolute atomic E-state index is 4.10. The van der Waals surface area contributed by atoms with Crippen molar-refractivity contribution in [2.24, 2.45) is 0 Å². The Labute approximate surface area is 66.1 Å². The molecule has 0 aliphatic carbocycles. The molecule has 0 heterocycles. The van der Waals surface area contributed by atoms with Gasteiger partial charge in [-0.1, -0.05) is 0 Å². The molecule has 0 rings (SSSR count). The molecule has 1 unspecified atom stereocenters. The monoisotopic (exact) mass is 172 g/mol. The predicted molar refractivity (Wildman–Crippen MR) is 48.4 cm³/mol. The van der Waals surface area contributed by atoms with Crippen LogP contribution in [-0.4, -0.2) is 15.6 Å². The molecule has 0 saturated heterocycles. The normalized spacial score (nSPS) is 15.0. The second kappa shape index (κ2) is 4.30. The molecule has 0 N–H and O–H groups in total. The Morgan fingerprint density at radius 2 is 1.57 bits per heavy atom. The molecular weight excluding hydrogens is 164 g/mol. The molecule has 0 aromatic rings. The van der Waals surface area contributed by atoms with E-state index in [0.717, 1.165) is 5.75 Å². The van der Waals surface area contributed by atoms with Crippen LogP contribution in [0.4, 0.5) is 0 Å². The van der Waals surface area contributed by atoms with Gasteiger partial charge in [0, 0.05) is 11.0 Å². The number of thiol groups is 4. The molecule has 0 fully saturated rings. The zero-order valence-corrected chi connectivity index (χ0v) is 7.23. The minimum Gasteiger partial charge on any atom is -0.178 e. The van der Waals surface area contributed by atoms with Crippen molar-refractivity contribution < 1.29 is 0 Å². The molecule has 0 aromatic carbocycles. The summed E-state index contributed by atoms with van der Waals surface area (Å²) in [6.45, 7) is 0. The van der Waals surface area contributed by atoms with Crippen molar-refractivity contribution in [3.8, 4) is 0 Å². The van der Waals surface area contributed by atoms with E-state index >= 15 is 0 Å². The first-order chi connectivity index (χ1) is 3.18. The Morgan fingerprint density at radius 3 is 1.57 bits per heavy atom. The fourth-order valence-corrected chi connectivity index (χ4v) is 0.849. The summed E-state index contributed by atoms with van der Waals surface area (Å²) >= 11 is 16.1. The highest BCUT2D eigenvalue weighted by atomic mass is 32.2. The molecule has 0 aliphatic rings. The van der Waals surface area contributed by atoms with Gasteiger partial charge in [0.2, 0.25) is 0 Å². The standard InChI is InChI=1S/C3H8S4/c4-1-2(5)3(6)7/h2-7H,1H2. The molecule has 0 amide bonds. The van der Waals surface area contributed by atoms with E-state index in [-0.39, 0.29) is 9.83 Å². The molecule has 4 heteroatoms. The molecule has 7 heavy (non-hydrogen) atoms. The third kappa shape index (κ3) is 3.94. The quantitative estimate of drug-likeness (QED) is 0.351. The number of hydrogen-bond acceptors (Lipinski definition) is 4. The van der Waals surface area contributed by atoms with Gasteiger partial charge in [0.25, 0.3) is 0 Å². The molecule has 1 atom stereocenters. The lowest BCUT2D eigenvalue weighted by molar-refractivity contribution is 1.13. The van der Waals surface area contributed by atoms with Crippen LogP contribution in [0.25, 0.3) is 0 Å². The molecule has 0 aliphatic heterocycles. The summed E-state index contributed by atoms with van der Waals surface area (Å²) in [5, 5.41) is 0.190. The van der Waals surface area contributed by atoms with E-state index in [0.29, 0.717) is 0 Å². The highest BCUT2D eigenvalue weighted by Gasteiger charge is 2.04. The average Bonchev–Trinajstić information content (AvgIpc) is 1.65. The molecule has 0 spiro atoms. The molecule has 44 valence electrons. The minimum absolute atomic E-state index is 0.0424. The van der Waals surface area contributed by atoms with Crippen molar-refractivity contribution in [1.82, 2.24) is 0 Å². The summed E-state index contributed by atoms with van der Waals surface area (Å²) in [7, 11) is 0. The van der Waals surface area contributed by atoms with E-state index in [9.17, 15) is 0 Å². The minimum atomic E-state index is 0.0424. The molecule has 0 bridgehead atoms. The molecule has 0 radical (unpaired) electrons. The lowest BCUT2D eigenvalue weighted by Gasteiger charge is -2.07. The first-order valence-electron chi connectivity index (χ1n) is 1.83. The Bertz CT molecular complexity index is 44.2. The van der Waals surface area contributed by atoms with Gasteiger partial charge in [-0.2, -0.15) is 50.5 Å². The van der Waals surface area contributed by atoms with Gasteiger partial charge in [-0.3, -0.25) is 0 Å². The average molecular weight is 172 g/mol. The predicted octanol–water partition coefficient (Wildman–Crippen LogP) is 1.40. The third-order valence-electron chi connectivity index (χ3n) is 0.531. The van der Waals surface area contributed by atoms with Crippen LogP contribution in [0.15, 0.2) is 0 Å². The van der Waals surface area contributed by atoms with Crippen LogP contribution in [0, 0.1) is 0 Å². The van der Waals surface area contributed by atoms with Crippen LogP contribution in [-0.2, 0) is 0 Å². The van der Waals surface area contributed by atoms with Gasteiger partial charge < -0.3 is 0 Å². The van der Waals surface area contributed by atoms with Crippen molar-refractivity contribution >= 4 is 50.5 Å². The van der Waals surface area contributed by atoms with E-state index in [4.69, 9.17) is 0 Å². The summed E-state index contributed by atoms with van der Waals surface area (Å²) in [5.41, 5.74) is 0. The summed E-state index contributed by atoms with van der Waals surface area (Å²) in [4.78, 5) is 0. The Morgan fingerprint density at radius 1 is 1.14 bits per heavy atom. The highest BCUT2D eigenvalue weighted by molar-refractivity contribution is 8.00. The van der Waals surface area contributed by atoms with Crippen LogP contribution in [0.2, 0.25) is 0 Å². The van der Waals surface area contributed by atoms with E-state index in [1.165, 1.54) is 0 Å². The van der Waals surface area contributed by atoms with Crippen LogP contribution >= 0.6 is 50.5 Å². The zero-order chi connectivity index (χ0) is 5.86. The van der Waals surface area contributed by atoms with Crippen LogP contribution in [0.3, 0.4) is 0 Å².